The third-order valence-corrected chi connectivity index (χ3v) is 3.00. The molecule has 2 rings (SSSR count). The zero-order valence-corrected chi connectivity index (χ0v) is 11.5. The fourth-order valence-corrected chi connectivity index (χ4v) is 2.06. The van der Waals surface area contributed by atoms with Gasteiger partial charge in [0, 0.05) is 31.9 Å². The molecule has 0 aliphatic carbocycles. The number of nitrogens with zero attached hydrogens (tertiary/aromatic N) is 6. The fraction of sp³-hybridized carbons (Fsp3) is 0.583. The zero-order valence-electron chi connectivity index (χ0n) is 11.5. The van der Waals surface area contributed by atoms with Crippen molar-refractivity contribution in [2.24, 2.45) is 7.05 Å². The van der Waals surface area contributed by atoms with Crippen molar-refractivity contribution in [1.82, 2.24) is 29.4 Å². The van der Waals surface area contributed by atoms with Gasteiger partial charge in [-0.05, 0) is 20.9 Å². The van der Waals surface area contributed by atoms with Crippen molar-refractivity contribution in [3.63, 3.8) is 0 Å². The molecule has 0 aliphatic rings. The van der Waals surface area contributed by atoms with Crippen LogP contribution < -0.4 is 0 Å². The van der Waals surface area contributed by atoms with E-state index in [0.29, 0.717) is 0 Å². The van der Waals surface area contributed by atoms with Gasteiger partial charge < -0.3 is 4.57 Å². The van der Waals surface area contributed by atoms with Gasteiger partial charge in [0.15, 0.2) is 0 Å². The fourth-order valence-electron chi connectivity index (χ4n) is 2.06. The molecule has 0 aliphatic heterocycles. The number of hydrogen-bond donors (Lipinski definition) is 0. The third-order valence-electron chi connectivity index (χ3n) is 3.00. The summed E-state index contributed by atoms with van der Waals surface area (Å²) in [6, 6.07) is 0. The van der Waals surface area contributed by atoms with Crippen LogP contribution in [-0.2, 0) is 26.7 Å². The first kappa shape index (κ1) is 12.8. The standard InChI is InChI=1S/C12H20N6/c1-5-18-9-13-14-12(18)8-16(3)6-11-7-17(4)15-10(11)2/h7,9H,5-6,8H2,1-4H3. The minimum absolute atomic E-state index is 0.794. The van der Waals surface area contributed by atoms with E-state index in [1.54, 1.807) is 6.33 Å². The van der Waals surface area contributed by atoms with Crippen LogP contribution in [0.15, 0.2) is 12.5 Å². The van der Waals surface area contributed by atoms with Crippen LogP contribution in [0, 0.1) is 6.92 Å². The van der Waals surface area contributed by atoms with E-state index < -0.39 is 0 Å². The van der Waals surface area contributed by atoms with Gasteiger partial charge >= 0.3 is 0 Å². The van der Waals surface area contributed by atoms with Crippen LogP contribution in [0.3, 0.4) is 0 Å². The Kier molecular flexibility index (Phi) is 3.76. The molecule has 0 aromatic carbocycles. The maximum atomic E-state index is 4.35. The number of aromatic nitrogens is 5. The summed E-state index contributed by atoms with van der Waals surface area (Å²) in [4.78, 5) is 2.22. The average molecular weight is 248 g/mol. The Morgan fingerprint density at radius 2 is 2.11 bits per heavy atom. The molecule has 2 aromatic rings. The molecule has 0 fully saturated rings. The Labute approximate surface area is 107 Å². The van der Waals surface area contributed by atoms with Gasteiger partial charge in [-0.3, -0.25) is 9.58 Å². The van der Waals surface area contributed by atoms with Gasteiger partial charge in [-0.1, -0.05) is 0 Å². The van der Waals surface area contributed by atoms with E-state index in [0.717, 1.165) is 31.2 Å². The predicted octanol–water partition coefficient (Wildman–Crippen LogP) is 0.972. The molecule has 0 saturated heterocycles. The minimum atomic E-state index is 0.794. The van der Waals surface area contributed by atoms with E-state index in [1.165, 1.54) is 5.56 Å². The van der Waals surface area contributed by atoms with Crippen molar-refractivity contribution in [2.45, 2.75) is 33.5 Å². The van der Waals surface area contributed by atoms with Crippen molar-refractivity contribution >= 4 is 0 Å². The highest BCUT2D eigenvalue weighted by Gasteiger charge is 2.10. The molecule has 2 aromatic heterocycles. The summed E-state index contributed by atoms with van der Waals surface area (Å²) in [6.07, 6.45) is 3.84. The van der Waals surface area contributed by atoms with Crippen molar-refractivity contribution in [3.8, 4) is 0 Å². The zero-order chi connectivity index (χ0) is 13.1. The molecule has 0 radical (unpaired) electrons. The summed E-state index contributed by atoms with van der Waals surface area (Å²) in [7, 11) is 4.03. The Hall–Kier alpha value is -1.69. The smallest absolute Gasteiger partial charge is 0.146 e. The van der Waals surface area contributed by atoms with Crippen LogP contribution in [0.2, 0.25) is 0 Å². The van der Waals surface area contributed by atoms with Crippen LogP contribution >= 0.6 is 0 Å². The van der Waals surface area contributed by atoms with E-state index >= 15 is 0 Å². The molecule has 0 atom stereocenters. The largest absolute Gasteiger partial charge is 0.317 e. The van der Waals surface area contributed by atoms with Crippen LogP contribution in [0.1, 0.15) is 24.0 Å². The predicted molar refractivity (Wildman–Crippen MR) is 68.8 cm³/mol. The molecule has 0 unspecified atom stereocenters. The first-order valence-electron chi connectivity index (χ1n) is 6.14. The molecule has 98 valence electrons. The summed E-state index contributed by atoms with van der Waals surface area (Å²) in [6.45, 7) is 6.70. The van der Waals surface area contributed by atoms with Gasteiger partial charge in [-0.15, -0.1) is 10.2 Å². The molecule has 6 heteroatoms. The molecule has 0 bridgehead atoms. The summed E-state index contributed by atoms with van der Waals surface area (Å²) in [5, 5.41) is 12.4. The lowest BCUT2D eigenvalue weighted by atomic mass is 10.2. The van der Waals surface area contributed by atoms with Crippen LogP contribution in [0.25, 0.3) is 0 Å². The second-order valence-corrected chi connectivity index (χ2v) is 4.62. The quantitative estimate of drug-likeness (QED) is 0.791. The SMILES string of the molecule is CCn1cnnc1CN(C)Cc1cn(C)nc1C. The van der Waals surface area contributed by atoms with E-state index in [1.807, 2.05) is 18.7 Å². The molecule has 0 saturated carbocycles. The summed E-state index contributed by atoms with van der Waals surface area (Å²) < 4.78 is 3.92. The topological polar surface area (TPSA) is 51.8 Å². The highest BCUT2D eigenvalue weighted by molar-refractivity contribution is 5.14. The molecule has 0 spiro atoms. The van der Waals surface area contributed by atoms with Crippen molar-refractivity contribution < 1.29 is 0 Å². The van der Waals surface area contributed by atoms with Crippen LogP contribution in [0.4, 0.5) is 0 Å². The molecule has 0 amide bonds. The van der Waals surface area contributed by atoms with E-state index in [4.69, 9.17) is 0 Å². The number of hydrogen-bond acceptors (Lipinski definition) is 4. The average Bonchev–Trinajstić information content (AvgIpc) is 2.86. The van der Waals surface area contributed by atoms with Gasteiger partial charge in [0.1, 0.15) is 12.2 Å². The molecular weight excluding hydrogens is 228 g/mol. The van der Waals surface area contributed by atoms with Crippen molar-refractivity contribution in [1.29, 1.82) is 0 Å². The Morgan fingerprint density at radius 3 is 2.72 bits per heavy atom. The van der Waals surface area contributed by atoms with E-state index in [9.17, 15) is 0 Å². The first-order chi connectivity index (χ1) is 8.60. The maximum absolute atomic E-state index is 4.35. The minimum Gasteiger partial charge on any atom is -0.317 e. The van der Waals surface area contributed by atoms with Gasteiger partial charge in [0.05, 0.1) is 12.2 Å². The second kappa shape index (κ2) is 5.30. The van der Waals surface area contributed by atoms with Crippen molar-refractivity contribution in [2.75, 3.05) is 7.05 Å². The molecule has 2 heterocycles. The van der Waals surface area contributed by atoms with Crippen LogP contribution in [0.5, 0.6) is 0 Å². The lowest BCUT2D eigenvalue weighted by Gasteiger charge is -2.15. The van der Waals surface area contributed by atoms with Crippen molar-refractivity contribution in [3.05, 3.63) is 29.6 Å². The number of aryl methyl sites for hydroxylation is 3. The molecule has 0 N–H and O–H groups in total. The van der Waals surface area contributed by atoms with Gasteiger partial charge in [-0.25, -0.2) is 0 Å². The summed E-state index contributed by atoms with van der Waals surface area (Å²) >= 11 is 0. The van der Waals surface area contributed by atoms with Gasteiger partial charge in [0.25, 0.3) is 0 Å². The summed E-state index contributed by atoms with van der Waals surface area (Å²) in [5.41, 5.74) is 2.34. The number of rotatable bonds is 5. The monoisotopic (exact) mass is 248 g/mol. The first-order valence-corrected chi connectivity index (χ1v) is 6.14. The van der Waals surface area contributed by atoms with E-state index in [2.05, 4.69) is 44.9 Å². The Bertz CT molecular complexity index is 512. The highest BCUT2D eigenvalue weighted by atomic mass is 15.3. The lowest BCUT2D eigenvalue weighted by Crippen LogP contribution is -2.20. The molecular formula is C12H20N6. The van der Waals surface area contributed by atoms with E-state index in [-0.39, 0.29) is 0 Å². The van der Waals surface area contributed by atoms with Gasteiger partial charge in [-0.2, -0.15) is 5.10 Å². The molecule has 18 heavy (non-hydrogen) atoms. The maximum Gasteiger partial charge on any atom is 0.146 e. The second-order valence-electron chi connectivity index (χ2n) is 4.62. The highest BCUT2D eigenvalue weighted by Crippen LogP contribution is 2.09. The third kappa shape index (κ3) is 2.76. The Morgan fingerprint density at radius 1 is 1.33 bits per heavy atom. The van der Waals surface area contributed by atoms with Gasteiger partial charge in [0.2, 0.25) is 0 Å². The Balaban J connectivity index is 2.00. The molecule has 6 nitrogen and oxygen atoms in total. The summed E-state index contributed by atoms with van der Waals surface area (Å²) in [5.74, 6) is 1.00. The normalized spacial score (nSPS) is 11.4. The lowest BCUT2D eigenvalue weighted by molar-refractivity contribution is 0.304. The van der Waals surface area contributed by atoms with Crippen LogP contribution in [-0.4, -0.2) is 36.5 Å².